The van der Waals surface area contributed by atoms with E-state index in [0.29, 0.717) is 6.61 Å². The highest BCUT2D eigenvalue weighted by Gasteiger charge is 2.46. The molecular weight excluding hydrogens is 360 g/mol. The van der Waals surface area contributed by atoms with Gasteiger partial charge in [-0.15, -0.1) is 0 Å². The van der Waals surface area contributed by atoms with Gasteiger partial charge in [-0.1, -0.05) is 61.4 Å². The summed E-state index contributed by atoms with van der Waals surface area (Å²) in [5.74, 6) is 0.0147. The maximum absolute atomic E-state index is 13.5. The third-order valence-electron chi connectivity index (χ3n) is 6.51. The Labute approximate surface area is 175 Å². The molecule has 1 aliphatic rings. The standard InChI is InChI=1S/C25H34N2O2/c1-19-11-10-12-20(2)22(19)24(28)26-23(21-13-6-5-7-14-21)25(15-8-9-16-25)27(3)17-18-29-4/h5-7,10-14,23H,8-9,15-18H2,1-4H3,(H,26,28). The lowest BCUT2D eigenvalue weighted by Crippen LogP contribution is -2.55. The first-order valence-electron chi connectivity index (χ1n) is 10.6. The van der Waals surface area contributed by atoms with Crippen LogP contribution in [0.15, 0.2) is 48.5 Å². The van der Waals surface area contributed by atoms with E-state index >= 15 is 0 Å². The van der Waals surface area contributed by atoms with Gasteiger partial charge < -0.3 is 10.1 Å². The highest BCUT2D eigenvalue weighted by atomic mass is 16.5. The molecule has 0 radical (unpaired) electrons. The zero-order chi connectivity index (χ0) is 20.9. The quantitative estimate of drug-likeness (QED) is 0.708. The van der Waals surface area contributed by atoms with Gasteiger partial charge in [0.15, 0.2) is 0 Å². The predicted octanol–water partition coefficient (Wildman–Crippen LogP) is 4.67. The molecule has 2 aromatic carbocycles. The van der Waals surface area contributed by atoms with Gasteiger partial charge in [-0.25, -0.2) is 0 Å². The SMILES string of the molecule is COCCN(C)C1(C(NC(=O)c2c(C)cccc2C)c2ccccc2)CCCC1. The number of likely N-dealkylation sites (N-methyl/N-ethyl adjacent to an activating group) is 1. The largest absolute Gasteiger partial charge is 0.383 e. The summed E-state index contributed by atoms with van der Waals surface area (Å²) in [6.45, 7) is 5.55. The first kappa shape index (κ1) is 21.5. The molecule has 0 bridgehead atoms. The number of hydrogen-bond acceptors (Lipinski definition) is 3. The van der Waals surface area contributed by atoms with E-state index in [-0.39, 0.29) is 17.5 Å². The molecule has 0 spiro atoms. The van der Waals surface area contributed by atoms with Crippen LogP contribution in [-0.2, 0) is 4.74 Å². The van der Waals surface area contributed by atoms with E-state index in [2.05, 4.69) is 41.5 Å². The highest BCUT2D eigenvalue weighted by molar-refractivity contribution is 5.97. The molecule has 156 valence electrons. The maximum atomic E-state index is 13.5. The summed E-state index contributed by atoms with van der Waals surface area (Å²) in [4.78, 5) is 15.9. The summed E-state index contributed by atoms with van der Waals surface area (Å²) in [5, 5.41) is 3.45. The van der Waals surface area contributed by atoms with Crippen LogP contribution in [0, 0.1) is 13.8 Å². The van der Waals surface area contributed by atoms with Crippen LogP contribution in [0.4, 0.5) is 0 Å². The molecular formula is C25H34N2O2. The molecule has 0 aromatic heterocycles. The zero-order valence-electron chi connectivity index (χ0n) is 18.2. The van der Waals surface area contributed by atoms with Crippen molar-refractivity contribution in [2.45, 2.75) is 51.1 Å². The Hall–Kier alpha value is -2.17. The van der Waals surface area contributed by atoms with Crippen molar-refractivity contribution in [3.05, 3.63) is 70.8 Å². The number of hydrogen-bond donors (Lipinski definition) is 1. The summed E-state index contributed by atoms with van der Waals surface area (Å²) in [6, 6.07) is 16.4. The van der Waals surface area contributed by atoms with Crippen molar-refractivity contribution in [1.82, 2.24) is 10.2 Å². The maximum Gasteiger partial charge on any atom is 0.252 e. The number of methoxy groups -OCH3 is 1. The summed E-state index contributed by atoms with van der Waals surface area (Å²) in [6.07, 6.45) is 4.50. The molecule has 1 amide bonds. The van der Waals surface area contributed by atoms with E-state index in [0.717, 1.165) is 36.1 Å². The second-order valence-electron chi connectivity index (χ2n) is 8.31. The lowest BCUT2D eigenvalue weighted by molar-refractivity contribution is 0.0477. The van der Waals surface area contributed by atoms with Crippen LogP contribution in [0.25, 0.3) is 0 Å². The van der Waals surface area contributed by atoms with Crippen LogP contribution in [0.2, 0.25) is 0 Å². The molecule has 1 unspecified atom stereocenters. The van der Waals surface area contributed by atoms with Gasteiger partial charge in [-0.3, -0.25) is 9.69 Å². The Kier molecular flexibility index (Phi) is 7.09. The number of carbonyl (C=O) groups excluding carboxylic acids is 1. The number of nitrogens with one attached hydrogen (secondary N) is 1. The first-order chi connectivity index (χ1) is 14.0. The Morgan fingerprint density at radius 2 is 1.69 bits per heavy atom. The van der Waals surface area contributed by atoms with E-state index in [9.17, 15) is 4.79 Å². The van der Waals surface area contributed by atoms with Crippen molar-refractivity contribution < 1.29 is 9.53 Å². The Bertz CT molecular complexity index is 793. The van der Waals surface area contributed by atoms with Crippen molar-refractivity contribution in [2.75, 3.05) is 27.3 Å². The smallest absolute Gasteiger partial charge is 0.252 e. The van der Waals surface area contributed by atoms with Gasteiger partial charge in [0.1, 0.15) is 0 Å². The molecule has 0 heterocycles. The fraction of sp³-hybridized carbons (Fsp3) is 0.480. The number of ether oxygens (including phenoxy) is 1. The number of carbonyl (C=O) groups is 1. The molecule has 4 heteroatoms. The van der Waals surface area contributed by atoms with Crippen molar-refractivity contribution in [1.29, 1.82) is 0 Å². The number of amides is 1. The topological polar surface area (TPSA) is 41.6 Å². The molecule has 0 aliphatic heterocycles. The van der Waals surface area contributed by atoms with E-state index in [1.54, 1.807) is 7.11 Å². The summed E-state index contributed by atoms with van der Waals surface area (Å²) in [7, 11) is 3.91. The number of aryl methyl sites for hydroxylation is 2. The monoisotopic (exact) mass is 394 g/mol. The van der Waals surface area contributed by atoms with Crippen molar-refractivity contribution in [2.24, 2.45) is 0 Å². The van der Waals surface area contributed by atoms with Crippen LogP contribution < -0.4 is 5.32 Å². The molecule has 1 N–H and O–H groups in total. The van der Waals surface area contributed by atoms with Gasteiger partial charge in [-0.2, -0.15) is 0 Å². The third kappa shape index (κ3) is 4.54. The van der Waals surface area contributed by atoms with Crippen LogP contribution in [0.3, 0.4) is 0 Å². The molecule has 3 rings (SSSR count). The van der Waals surface area contributed by atoms with Crippen LogP contribution >= 0.6 is 0 Å². The molecule has 0 saturated heterocycles. The fourth-order valence-electron chi connectivity index (χ4n) is 4.88. The normalized spacial score (nSPS) is 16.7. The van der Waals surface area contributed by atoms with Gasteiger partial charge in [0, 0.05) is 24.8 Å². The minimum Gasteiger partial charge on any atom is -0.383 e. The van der Waals surface area contributed by atoms with Gasteiger partial charge in [0.2, 0.25) is 0 Å². The second kappa shape index (κ2) is 9.55. The van der Waals surface area contributed by atoms with Gasteiger partial charge in [0.05, 0.1) is 12.6 Å². The lowest BCUT2D eigenvalue weighted by Gasteiger charge is -2.45. The average Bonchev–Trinajstić information content (AvgIpc) is 3.21. The van der Waals surface area contributed by atoms with Crippen molar-refractivity contribution in [3.63, 3.8) is 0 Å². The summed E-state index contributed by atoms with van der Waals surface area (Å²) < 4.78 is 5.36. The first-order valence-corrected chi connectivity index (χ1v) is 10.6. The zero-order valence-corrected chi connectivity index (χ0v) is 18.2. The van der Waals surface area contributed by atoms with Gasteiger partial charge in [-0.05, 0) is 50.4 Å². The molecule has 2 aromatic rings. The number of rotatable bonds is 8. The minimum atomic E-state index is -0.105. The molecule has 29 heavy (non-hydrogen) atoms. The Morgan fingerprint density at radius 1 is 1.07 bits per heavy atom. The Balaban J connectivity index is 1.99. The molecule has 1 fully saturated rings. The second-order valence-corrected chi connectivity index (χ2v) is 8.31. The van der Waals surface area contributed by atoms with Crippen LogP contribution in [0.5, 0.6) is 0 Å². The average molecular weight is 395 g/mol. The molecule has 1 saturated carbocycles. The molecule has 1 atom stereocenters. The fourth-order valence-corrected chi connectivity index (χ4v) is 4.88. The van der Waals surface area contributed by atoms with Crippen molar-refractivity contribution in [3.8, 4) is 0 Å². The number of nitrogens with zero attached hydrogens (tertiary/aromatic N) is 1. The molecule has 4 nitrogen and oxygen atoms in total. The lowest BCUT2D eigenvalue weighted by atomic mass is 9.81. The Morgan fingerprint density at radius 3 is 2.28 bits per heavy atom. The van der Waals surface area contributed by atoms with Crippen LogP contribution in [-0.4, -0.2) is 43.7 Å². The van der Waals surface area contributed by atoms with E-state index in [1.165, 1.54) is 18.4 Å². The minimum absolute atomic E-state index is 0.0147. The van der Waals surface area contributed by atoms with Gasteiger partial charge >= 0.3 is 0 Å². The molecule has 1 aliphatic carbocycles. The predicted molar refractivity (Wildman–Crippen MR) is 118 cm³/mol. The van der Waals surface area contributed by atoms with E-state index in [1.807, 2.05) is 38.1 Å². The number of benzene rings is 2. The van der Waals surface area contributed by atoms with Gasteiger partial charge in [0.25, 0.3) is 5.91 Å². The van der Waals surface area contributed by atoms with E-state index in [4.69, 9.17) is 4.74 Å². The summed E-state index contributed by atoms with van der Waals surface area (Å²) >= 11 is 0. The van der Waals surface area contributed by atoms with Crippen molar-refractivity contribution >= 4 is 5.91 Å². The third-order valence-corrected chi connectivity index (χ3v) is 6.51. The summed E-state index contributed by atoms with van der Waals surface area (Å²) in [5.41, 5.74) is 3.89. The highest BCUT2D eigenvalue weighted by Crippen LogP contribution is 2.44. The van der Waals surface area contributed by atoms with E-state index < -0.39 is 0 Å². The van der Waals surface area contributed by atoms with Crippen LogP contribution in [0.1, 0.15) is 58.8 Å².